The Hall–Kier alpha value is -1.55. The number of quaternary nitrogens is 1. The summed E-state index contributed by atoms with van der Waals surface area (Å²) in [4.78, 5) is 13.1. The van der Waals surface area contributed by atoms with Crippen LogP contribution in [0.3, 0.4) is 0 Å². The standard InChI is InChI=1S/C17H25NO3/c1-14(19)15-7-8-16(17(13-15)20-2)21-12-6-11-18-9-4-3-5-10-18/h7-8,13H,3-6,9-12H2,1-2H3/p+1. The molecule has 4 nitrogen and oxygen atoms in total. The first-order valence-corrected chi connectivity index (χ1v) is 7.86. The molecule has 0 unspecified atom stereocenters. The van der Waals surface area contributed by atoms with Crippen LogP contribution in [0.2, 0.25) is 0 Å². The van der Waals surface area contributed by atoms with Crippen molar-refractivity contribution in [2.24, 2.45) is 0 Å². The number of carbonyl (C=O) groups excluding carboxylic acids is 1. The van der Waals surface area contributed by atoms with E-state index in [0.29, 0.717) is 17.9 Å². The predicted octanol–water partition coefficient (Wildman–Crippen LogP) is 1.74. The third kappa shape index (κ3) is 4.74. The molecule has 1 aliphatic heterocycles. The lowest BCUT2D eigenvalue weighted by Gasteiger charge is -2.23. The van der Waals surface area contributed by atoms with Gasteiger partial charge in [-0.15, -0.1) is 0 Å². The minimum absolute atomic E-state index is 0.0357. The molecule has 0 aliphatic carbocycles. The van der Waals surface area contributed by atoms with Crippen molar-refractivity contribution in [3.63, 3.8) is 0 Å². The molecular formula is C17H26NO3+. The van der Waals surface area contributed by atoms with Crippen LogP contribution in [-0.4, -0.2) is 39.1 Å². The predicted molar refractivity (Wildman–Crippen MR) is 82.5 cm³/mol. The summed E-state index contributed by atoms with van der Waals surface area (Å²) in [6.45, 7) is 6.02. The fourth-order valence-corrected chi connectivity index (χ4v) is 2.81. The Kier molecular flexibility index (Phi) is 6.05. The molecule has 1 aromatic rings. The lowest BCUT2D eigenvalue weighted by atomic mass is 10.1. The van der Waals surface area contributed by atoms with Crippen LogP contribution >= 0.6 is 0 Å². The van der Waals surface area contributed by atoms with E-state index >= 15 is 0 Å². The van der Waals surface area contributed by atoms with Gasteiger partial charge in [-0.1, -0.05) is 0 Å². The van der Waals surface area contributed by atoms with Crippen molar-refractivity contribution >= 4 is 5.78 Å². The minimum Gasteiger partial charge on any atom is -0.493 e. The molecular weight excluding hydrogens is 266 g/mol. The highest BCUT2D eigenvalue weighted by Gasteiger charge is 2.13. The first-order chi connectivity index (χ1) is 10.2. The second kappa shape index (κ2) is 8.03. The maximum Gasteiger partial charge on any atom is 0.161 e. The number of piperidine rings is 1. The van der Waals surface area contributed by atoms with E-state index in [2.05, 4.69) is 0 Å². The third-order valence-electron chi connectivity index (χ3n) is 4.06. The number of benzene rings is 1. The zero-order chi connectivity index (χ0) is 15.1. The normalized spacial score (nSPS) is 15.7. The van der Waals surface area contributed by atoms with Crippen LogP contribution in [0.1, 0.15) is 43.0 Å². The SMILES string of the molecule is COc1cc(C(C)=O)ccc1OCCC[NH+]1CCCCC1. The van der Waals surface area contributed by atoms with E-state index in [4.69, 9.17) is 9.47 Å². The fraction of sp³-hybridized carbons (Fsp3) is 0.588. The lowest BCUT2D eigenvalue weighted by molar-refractivity contribution is -0.905. The van der Waals surface area contributed by atoms with E-state index in [-0.39, 0.29) is 5.78 Å². The Balaban J connectivity index is 1.80. The van der Waals surface area contributed by atoms with E-state index in [1.165, 1.54) is 38.9 Å². The second-order valence-electron chi connectivity index (χ2n) is 5.68. The van der Waals surface area contributed by atoms with Crippen LogP contribution in [-0.2, 0) is 0 Å². The summed E-state index contributed by atoms with van der Waals surface area (Å²) in [6.07, 6.45) is 5.15. The van der Waals surface area contributed by atoms with Crippen LogP contribution in [0.5, 0.6) is 11.5 Å². The van der Waals surface area contributed by atoms with E-state index in [9.17, 15) is 4.79 Å². The van der Waals surface area contributed by atoms with Crippen LogP contribution in [0, 0.1) is 0 Å². The van der Waals surface area contributed by atoms with Gasteiger partial charge >= 0.3 is 0 Å². The zero-order valence-corrected chi connectivity index (χ0v) is 13.1. The molecule has 2 rings (SSSR count). The van der Waals surface area contributed by atoms with Crippen molar-refractivity contribution in [3.05, 3.63) is 23.8 Å². The highest BCUT2D eigenvalue weighted by Crippen LogP contribution is 2.28. The van der Waals surface area contributed by atoms with E-state index in [1.807, 2.05) is 6.07 Å². The molecule has 21 heavy (non-hydrogen) atoms. The van der Waals surface area contributed by atoms with Gasteiger partial charge in [0.15, 0.2) is 17.3 Å². The van der Waals surface area contributed by atoms with Gasteiger partial charge in [0.1, 0.15) is 0 Å². The van der Waals surface area contributed by atoms with Crippen molar-refractivity contribution in [1.29, 1.82) is 0 Å². The molecule has 0 saturated carbocycles. The Morgan fingerprint density at radius 1 is 1.19 bits per heavy atom. The molecule has 1 heterocycles. The summed E-state index contributed by atoms with van der Waals surface area (Å²) in [5.41, 5.74) is 0.650. The molecule has 116 valence electrons. The summed E-state index contributed by atoms with van der Waals surface area (Å²) in [5.74, 6) is 1.39. The number of rotatable bonds is 7. The molecule has 4 heteroatoms. The number of methoxy groups -OCH3 is 1. The number of Topliss-reactive ketones (excluding diaryl/α,β-unsaturated/α-hetero) is 1. The fourth-order valence-electron chi connectivity index (χ4n) is 2.81. The van der Waals surface area contributed by atoms with Crippen molar-refractivity contribution in [1.82, 2.24) is 0 Å². The number of ketones is 1. The number of likely N-dealkylation sites (tertiary alicyclic amines) is 1. The van der Waals surface area contributed by atoms with E-state index in [0.717, 1.165) is 12.2 Å². The van der Waals surface area contributed by atoms with Gasteiger partial charge in [0.2, 0.25) is 0 Å². The quantitative estimate of drug-likeness (QED) is 0.614. The molecule has 0 atom stereocenters. The molecule has 0 amide bonds. The summed E-state index contributed by atoms with van der Waals surface area (Å²) in [6, 6.07) is 5.35. The average Bonchev–Trinajstić information content (AvgIpc) is 2.52. The van der Waals surface area contributed by atoms with Gasteiger partial charge in [-0.3, -0.25) is 4.79 Å². The lowest BCUT2D eigenvalue weighted by Crippen LogP contribution is -3.12. The molecule has 1 fully saturated rings. The summed E-state index contributed by atoms with van der Waals surface area (Å²) in [5, 5.41) is 0. The Morgan fingerprint density at radius 2 is 1.95 bits per heavy atom. The van der Waals surface area contributed by atoms with Crippen LogP contribution in [0.15, 0.2) is 18.2 Å². The number of ether oxygens (including phenoxy) is 2. The minimum atomic E-state index is 0.0357. The van der Waals surface area contributed by atoms with Gasteiger partial charge in [-0.25, -0.2) is 0 Å². The molecule has 0 bridgehead atoms. The van der Waals surface area contributed by atoms with Gasteiger partial charge in [-0.05, 0) is 44.4 Å². The first kappa shape index (κ1) is 15.8. The van der Waals surface area contributed by atoms with Gasteiger partial charge in [-0.2, -0.15) is 0 Å². The monoisotopic (exact) mass is 292 g/mol. The number of hydrogen-bond donors (Lipinski definition) is 1. The highest BCUT2D eigenvalue weighted by atomic mass is 16.5. The van der Waals surface area contributed by atoms with Crippen LogP contribution in [0.25, 0.3) is 0 Å². The van der Waals surface area contributed by atoms with E-state index < -0.39 is 0 Å². The molecule has 1 N–H and O–H groups in total. The number of nitrogens with one attached hydrogen (secondary N) is 1. The van der Waals surface area contributed by atoms with Gasteiger partial charge in [0.25, 0.3) is 0 Å². The first-order valence-electron chi connectivity index (χ1n) is 7.86. The van der Waals surface area contributed by atoms with Crippen molar-refractivity contribution < 1.29 is 19.2 Å². The van der Waals surface area contributed by atoms with Crippen molar-refractivity contribution in [2.75, 3.05) is 33.4 Å². The van der Waals surface area contributed by atoms with E-state index in [1.54, 1.807) is 31.1 Å². The largest absolute Gasteiger partial charge is 0.493 e. The summed E-state index contributed by atoms with van der Waals surface area (Å²) in [7, 11) is 1.60. The molecule has 0 radical (unpaired) electrons. The van der Waals surface area contributed by atoms with Gasteiger partial charge in [0, 0.05) is 12.0 Å². The van der Waals surface area contributed by atoms with Crippen LogP contribution in [0.4, 0.5) is 0 Å². The maximum atomic E-state index is 11.4. The molecule has 0 aromatic heterocycles. The van der Waals surface area contributed by atoms with Crippen LogP contribution < -0.4 is 14.4 Å². The number of carbonyl (C=O) groups is 1. The van der Waals surface area contributed by atoms with Crippen molar-refractivity contribution in [2.45, 2.75) is 32.6 Å². The Labute approximate surface area is 127 Å². The summed E-state index contributed by atoms with van der Waals surface area (Å²) < 4.78 is 11.1. The Bertz CT molecular complexity index is 467. The van der Waals surface area contributed by atoms with Gasteiger partial charge in [0.05, 0.1) is 33.4 Å². The van der Waals surface area contributed by atoms with Crippen molar-refractivity contribution in [3.8, 4) is 11.5 Å². The molecule has 1 saturated heterocycles. The molecule has 1 aliphatic rings. The molecule has 0 spiro atoms. The highest BCUT2D eigenvalue weighted by molar-refractivity contribution is 5.94. The molecule has 1 aromatic carbocycles. The zero-order valence-electron chi connectivity index (χ0n) is 13.1. The topological polar surface area (TPSA) is 40.0 Å². The second-order valence-corrected chi connectivity index (χ2v) is 5.68. The third-order valence-corrected chi connectivity index (χ3v) is 4.06. The average molecular weight is 292 g/mol. The maximum absolute atomic E-state index is 11.4. The number of hydrogen-bond acceptors (Lipinski definition) is 3. The summed E-state index contributed by atoms with van der Waals surface area (Å²) >= 11 is 0. The smallest absolute Gasteiger partial charge is 0.161 e. The Morgan fingerprint density at radius 3 is 2.62 bits per heavy atom. The van der Waals surface area contributed by atoms with Gasteiger partial charge < -0.3 is 14.4 Å².